The Kier molecular flexibility index (Phi) is 11.1. The zero-order valence-corrected chi connectivity index (χ0v) is 13.5. The van der Waals surface area contributed by atoms with Crippen molar-refractivity contribution in [3.05, 3.63) is 28.8 Å². The third-order valence-corrected chi connectivity index (χ3v) is 3.01. The van der Waals surface area contributed by atoms with Crippen LogP contribution in [0.5, 0.6) is 0 Å². The molecular weight excluding hydrogens is 275 g/mol. The van der Waals surface area contributed by atoms with Crippen LogP contribution in [0.15, 0.2) is 0 Å². The second-order valence-corrected chi connectivity index (χ2v) is 3.97. The first-order chi connectivity index (χ1) is 8.91. The van der Waals surface area contributed by atoms with Gasteiger partial charge in [0.25, 0.3) is 0 Å². The molecule has 0 spiro atoms. The Morgan fingerprint density at radius 2 is 1.21 bits per heavy atom. The summed E-state index contributed by atoms with van der Waals surface area (Å²) in [6.45, 7) is 11.4. The summed E-state index contributed by atoms with van der Waals surface area (Å²) in [4.78, 5) is 0. The van der Waals surface area contributed by atoms with Gasteiger partial charge in [-0.3, -0.25) is 0 Å². The van der Waals surface area contributed by atoms with Crippen molar-refractivity contribution in [2.24, 2.45) is 0 Å². The molecule has 1 rings (SSSR count). The van der Waals surface area contributed by atoms with Gasteiger partial charge in [0.15, 0.2) is 23.3 Å². The summed E-state index contributed by atoms with van der Waals surface area (Å²) >= 11 is 0. The molecule has 0 heterocycles. The van der Waals surface area contributed by atoms with Crippen molar-refractivity contribution in [3.8, 4) is 0 Å². The van der Waals surface area contributed by atoms with Crippen LogP contribution < -0.4 is 5.30 Å². The molecule has 0 aromatic heterocycles. The molecule has 19 heavy (non-hydrogen) atoms. The van der Waals surface area contributed by atoms with E-state index in [-0.39, 0.29) is 16.8 Å². The van der Waals surface area contributed by atoms with Crippen molar-refractivity contribution in [2.75, 3.05) is 0 Å². The molecule has 0 aliphatic heterocycles. The molecule has 0 aliphatic carbocycles. The molecule has 112 valence electrons. The molecule has 0 saturated carbocycles. The monoisotopic (exact) mass is 298 g/mol. The van der Waals surface area contributed by atoms with Gasteiger partial charge >= 0.3 is 0 Å². The Bertz CT molecular complexity index is 363. The van der Waals surface area contributed by atoms with E-state index in [0.717, 1.165) is 0 Å². The van der Waals surface area contributed by atoms with E-state index in [1.54, 1.807) is 13.8 Å². The fourth-order valence-corrected chi connectivity index (χ4v) is 1.89. The molecule has 0 fully saturated rings. The van der Waals surface area contributed by atoms with E-state index < -0.39 is 23.3 Å². The number of hydrogen-bond acceptors (Lipinski definition) is 0. The SMILES string of the molecule is CC.CC.CCC(C)c1c(F)c(F)c(F)c(F)c1P. The van der Waals surface area contributed by atoms with Crippen molar-refractivity contribution in [3.63, 3.8) is 0 Å². The van der Waals surface area contributed by atoms with Crippen LogP contribution in [0, 0.1) is 23.3 Å². The lowest BCUT2D eigenvalue weighted by Crippen LogP contribution is -2.17. The van der Waals surface area contributed by atoms with E-state index in [4.69, 9.17) is 0 Å². The zero-order valence-electron chi connectivity index (χ0n) is 12.4. The third-order valence-electron chi connectivity index (χ3n) is 2.45. The number of hydrogen-bond donors (Lipinski definition) is 0. The van der Waals surface area contributed by atoms with E-state index in [1.165, 1.54) is 0 Å². The van der Waals surface area contributed by atoms with Crippen LogP contribution in [0.4, 0.5) is 17.6 Å². The predicted octanol–water partition coefficient (Wildman–Crippen LogP) is 5.31. The van der Waals surface area contributed by atoms with Gasteiger partial charge in [0.1, 0.15) is 0 Å². The molecule has 5 heteroatoms. The van der Waals surface area contributed by atoms with Gasteiger partial charge in [0.05, 0.1) is 0 Å². The van der Waals surface area contributed by atoms with Crippen molar-refractivity contribution in [1.82, 2.24) is 0 Å². The minimum absolute atomic E-state index is 0.112. The summed E-state index contributed by atoms with van der Waals surface area (Å²) in [6.07, 6.45) is 0.517. The maximum Gasteiger partial charge on any atom is 0.198 e. The topological polar surface area (TPSA) is 0 Å². The molecule has 1 aromatic rings. The standard InChI is InChI=1S/C10H11F4P.2C2H6/c1-3-4(2)5-6(11)7(12)8(13)9(14)10(5)15;2*1-2/h4H,3,15H2,1-2H3;2*1-2H3. The van der Waals surface area contributed by atoms with Gasteiger partial charge in [0, 0.05) is 10.9 Å². The van der Waals surface area contributed by atoms with Gasteiger partial charge in [-0.05, 0) is 12.3 Å². The van der Waals surface area contributed by atoms with E-state index >= 15 is 0 Å². The maximum absolute atomic E-state index is 13.3. The van der Waals surface area contributed by atoms with Gasteiger partial charge in [-0.15, -0.1) is 9.24 Å². The summed E-state index contributed by atoms with van der Waals surface area (Å²) in [5.74, 6) is -6.50. The highest BCUT2D eigenvalue weighted by atomic mass is 31.0. The Morgan fingerprint density at radius 3 is 1.58 bits per heavy atom. The van der Waals surface area contributed by atoms with Crippen LogP contribution in [0.2, 0.25) is 0 Å². The fourth-order valence-electron chi connectivity index (χ4n) is 1.35. The molecule has 0 radical (unpaired) electrons. The van der Waals surface area contributed by atoms with Crippen LogP contribution in [-0.4, -0.2) is 0 Å². The molecule has 2 atom stereocenters. The molecule has 1 aromatic carbocycles. The molecule has 0 aliphatic rings. The lowest BCUT2D eigenvalue weighted by Gasteiger charge is -2.15. The molecule has 0 N–H and O–H groups in total. The minimum Gasteiger partial charge on any atom is -0.203 e. The lowest BCUT2D eigenvalue weighted by atomic mass is 9.97. The number of rotatable bonds is 2. The Hall–Kier alpha value is -0.630. The highest BCUT2D eigenvalue weighted by Crippen LogP contribution is 2.26. The van der Waals surface area contributed by atoms with Crippen LogP contribution in [0.25, 0.3) is 0 Å². The average Bonchev–Trinajstić information content (AvgIpc) is 2.47. The minimum atomic E-state index is -1.76. The molecular formula is C14H23F4P. The largest absolute Gasteiger partial charge is 0.203 e. The summed E-state index contributed by atoms with van der Waals surface area (Å²) in [7, 11) is 1.91. The normalized spacial score (nSPS) is 10.9. The van der Waals surface area contributed by atoms with Crippen LogP contribution in [-0.2, 0) is 0 Å². The predicted molar refractivity (Wildman–Crippen MR) is 77.0 cm³/mol. The van der Waals surface area contributed by atoms with Crippen molar-refractivity contribution in [2.45, 2.75) is 53.9 Å². The molecule has 2 unspecified atom stereocenters. The fraction of sp³-hybridized carbons (Fsp3) is 0.571. The van der Waals surface area contributed by atoms with Gasteiger partial charge in [-0.2, -0.15) is 0 Å². The first kappa shape index (κ1) is 20.7. The summed E-state index contributed by atoms with van der Waals surface area (Å²) < 4.78 is 52.2. The van der Waals surface area contributed by atoms with Crippen molar-refractivity contribution in [1.29, 1.82) is 0 Å². The Labute approximate surface area is 115 Å². The van der Waals surface area contributed by atoms with E-state index in [2.05, 4.69) is 0 Å². The summed E-state index contributed by atoms with van der Waals surface area (Å²) in [6, 6.07) is 0. The highest BCUT2D eigenvalue weighted by molar-refractivity contribution is 7.27. The van der Waals surface area contributed by atoms with Gasteiger partial charge < -0.3 is 0 Å². The number of halogens is 4. The first-order valence-electron chi connectivity index (χ1n) is 6.53. The average molecular weight is 298 g/mol. The zero-order chi connectivity index (χ0) is 15.7. The van der Waals surface area contributed by atoms with E-state index in [9.17, 15) is 17.6 Å². The van der Waals surface area contributed by atoms with Crippen LogP contribution in [0.3, 0.4) is 0 Å². The van der Waals surface area contributed by atoms with Crippen molar-refractivity contribution < 1.29 is 17.6 Å². The molecule has 0 nitrogen and oxygen atoms in total. The Morgan fingerprint density at radius 1 is 0.842 bits per heavy atom. The van der Waals surface area contributed by atoms with Crippen molar-refractivity contribution >= 4 is 14.5 Å². The highest BCUT2D eigenvalue weighted by Gasteiger charge is 2.25. The third kappa shape index (κ3) is 4.76. The maximum atomic E-state index is 13.3. The smallest absolute Gasteiger partial charge is 0.198 e. The second kappa shape index (κ2) is 10.2. The second-order valence-electron chi connectivity index (χ2n) is 3.39. The summed E-state index contributed by atoms with van der Waals surface area (Å²) in [5, 5.41) is -0.235. The van der Waals surface area contributed by atoms with E-state index in [0.29, 0.717) is 6.42 Å². The van der Waals surface area contributed by atoms with Crippen LogP contribution in [0.1, 0.15) is 59.4 Å². The summed E-state index contributed by atoms with van der Waals surface area (Å²) in [5.41, 5.74) is -0.112. The quantitative estimate of drug-likeness (QED) is 0.300. The van der Waals surface area contributed by atoms with Gasteiger partial charge in [-0.25, -0.2) is 17.6 Å². The Balaban J connectivity index is 0. The van der Waals surface area contributed by atoms with Crippen LogP contribution >= 0.6 is 9.24 Å². The molecule has 0 saturated heterocycles. The van der Waals surface area contributed by atoms with Gasteiger partial charge in [-0.1, -0.05) is 41.5 Å². The number of benzene rings is 1. The lowest BCUT2D eigenvalue weighted by molar-refractivity contribution is 0.404. The van der Waals surface area contributed by atoms with Gasteiger partial charge in [0.2, 0.25) is 0 Å². The first-order valence-corrected chi connectivity index (χ1v) is 7.10. The molecule has 0 amide bonds. The van der Waals surface area contributed by atoms with E-state index in [1.807, 2.05) is 36.9 Å². The molecule has 0 bridgehead atoms.